The summed E-state index contributed by atoms with van der Waals surface area (Å²) < 4.78 is 69.9. The predicted octanol–water partition coefficient (Wildman–Crippen LogP) is 8.19. The molecule has 6 aromatic carbocycles. The van der Waals surface area contributed by atoms with Gasteiger partial charge in [0.25, 0.3) is 0 Å². The Hall–Kier alpha value is -6.79. The van der Waals surface area contributed by atoms with Crippen LogP contribution in [-0.4, -0.2) is 142 Å². The standard InChI is InChI=1S/C60H63NO13/c62-23-24-63-25-26-64-27-28-65-33-34-70-45-46-15-17-48(61-44-46)18-21-55-52-9-3-1-7-50(52)54(51-8-2-4-10-53(51)55)20-16-47-43-49-19-22-58(47)72-40-36-67-31-32-69-38-42-74-60-14-6-11-56-57(60)12-5-13-59(56)73-41-37-68-30-29-66-35-39-71-49/h1-15,17,19,22,43-44,62H,23-42,45H2. The molecule has 386 valence electrons. The number of hydrogen-bond acceptors (Lipinski definition) is 14. The molecule has 0 amide bonds. The summed E-state index contributed by atoms with van der Waals surface area (Å²) in [5.74, 6) is 16.5. The summed E-state index contributed by atoms with van der Waals surface area (Å²) in [5, 5.41) is 14.6. The molecule has 6 bridgehead atoms. The van der Waals surface area contributed by atoms with E-state index < -0.39 is 0 Å². The first-order valence-electron chi connectivity index (χ1n) is 25.1. The average Bonchev–Trinajstić information content (AvgIpc) is 3.43. The zero-order chi connectivity index (χ0) is 50.7. The number of hydrogen-bond donors (Lipinski definition) is 1. The number of benzene rings is 6. The number of rotatable bonds is 13. The van der Waals surface area contributed by atoms with Crippen molar-refractivity contribution in [3.8, 4) is 46.7 Å². The van der Waals surface area contributed by atoms with E-state index in [1.807, 2.05) is 91.0 Å². The van der Waals surface area contributed by atoms with E-state index in [9.17, 15) is 0 Å². The third-order valence-electron chi connectivity index (χ3n) is 11.5. The SMILES string of the molecule is OCCOCCOCCOCCOCc1ccc(C#Cc2c3ccccc3c(C#Cc3cc4ccc3OCCOCCOCCOc3cccc5c(cccc35)OCCOCCOCCO4)c3ccccc23)nc1. The van der Waals surface area contributed by atoms with E-state index in [0.29, 0.717) is 155 Å². The summed E-state index contributed by atoms with van der Waals surface area (Å²) in [4.78, 5) is 4.63. The summed E-state index contributed by atoms with van der Waals surface area (Å²) >= 11 is 0. The number of aliphatic hydroxyl groups is 1. The topological polar surface area (TPSA) is 144 Å². The number of aromatic nitrogens is 1. The molecule has 1 aromatic heterocycles. The van der Waals surface area contributed by atoms with Crippen LogP contribution in [0.2, 0.25) is 0 Å². The normalized spacial score (nSPS) is 14.3. The minimum atomic E-state index is 0.00593. The molecule has 2 aliphatic heterocycles. The van der Waals surface area contributed by atoms with Crippen molar-refractivity contribution in [2.75, 3.05) is 132 Å². The van der Waals surface area contributed by atoms with E-state index in [0.717, 1.165) is 60.5 Å². The fourth-order valence-electron chi connectivity index (χ4n) is 7.97. The van der Waals surface area contributed by atoms with Gasteiger partial charge in [-0.25, -0.2) is 4.98 Å². The van der Waals surface area contributed by atoms with Crippen LogP contribution in [0.5, 0.6) is 23.0 Å². The minimum absolute atomic E-state index is 0.00593. The summed E-state index contributed by atoms with van der Waals surface area (Å²) in [5.41, 5.74) is 4.02. The van der Waals surface area contributed by atoms with Crippen LogP contribution in [0, 0.1) is 23.7 Å². The van der Waals surface area contributed by atoms with E-state index in [2.05, 4.69) is 52.9 Å². The Balaban J connectivity index is 0.913. The van der Waals surface area contributed by atoms with Crippen molar-refractivity contribution < 1.29 is 61.9 Å². The van der Waals surface area contributed by atoms with Crippen molar-refractivity contribution in [3.05, 3.63) is 149 Å². The molecule has 14 nitrogen and oxygen atoms in total. The highest BCUT2D eigenvalue weighted by molar-refractivity contribution is 6.09. The van der Waals surface area contributed by atoms with Gasteiger partial charge < -0.3 is 61.9 Å². The Bertz CT molecular complexity index is 2900. The van der Waals surface area contributed by atoms with Gasteiger partial charge in [-0.1, -0.05) is 96.6 Å². The van der Waals surface area contributed by atoms with E-state index >= 15 is 0 Å². The molecule has 9 rings (SSSR count). The molecule has 0 radical (unpaired) electrons. The van der Waals surface area contributed by atoms with Crippen molar-refractivity contribution in [1.82, 2.24) is 4.98 Å². The molecule has 1 N–H and O–H groups in total. The van der Waals surface area contributed by atoms with Crippen molar-refractivity contribution >= 4 is 32.3 Å². The maximum absolute atomic E-state index is 8.74. The van der Waals surface area contributed by atoms with E-state index in [1.54, 1.807) is 6.20 Å². The maximum Gasteiger partial charge on any atom is 0.135 e. The lowest BCUT2D eigenvalue weighted by atomic mass is 9.92. The molecule has 7 aromatic rings. The largest absolute Gasteiger partial charge is 0.491 e. The Morgan fingerprint density at radius 2 is 0.865 bits per heavy atom. The third-order valence-corrected chi connectivity index (χ3v) is 11.5. The van der Waals surface area contributed by atoms with Crippen molar-refractivity contribution in [1.29, 1.82) is 0 Å². The van der Waals surface area contributed by atoms with Crippen molar-refractivity contribution in [2.24, 2.45) is 0 Å². The third kappa shape index (κ3) is 16.4. The molecular weight excluding hydrogens is 943 g/mol. The van der Waals surface area contributed by atoms with Gasteiger partial charge in [-0.05, 0) is 69.4 Å². The van der Waals surface area contributed by atoms with Gasteiger partial charge in [-0.3, -0.25) is 0 Å². The molecule has 0 spiro atoms. The molecule has 14 heteroatoms. The van der Waals surface area contributed by atoms with Gasteiger partial charge in [0, 0.05) is 28.1 Å². The Labute approximate surface area is 432 Å². The zero-order valence-electron chi connectivity index (χ0n) is 41.7. The molecule has 74 heavy (non-hydrogen) atoms. The predicted molar refractivity (Wildman–Crippen MR) is 282 cm³/mol. The molecule has 0 fully saturated rings. The summed E-state index contributed by atoms with van der Waals surface area (Å²) in [6, 6.07) is 37.8. The highest BCUT2D eigenvalue weighted by atomic mass is 16.6. The monoisotopic (exact) mass is 1010 g/mol. The Morgan fingerprint density at radius 3 is 1.38 bits per heavy atom. The minimum Gasteiger partial charge on any atom is -0.491 e. The fraction of sp³-hybridized carbons (Fsp3) is 0.350. The molecule has 0 unspecified atom stereocenters. The smallest absolute Gasteiger partial charge is 0.135 e. The van der Waals surface area contributed by atoms with Crippen LogP contribution >= 0.6 is 0 Å². The lowest BCUT2D eigenvalue weighted by Gasteiger charge is -2.14. The first-order valence-corrected chi connectivity index (χ1v) is 25.1. The molecule has 0 saturated heterocycles. The Morgan fingerprint density at radius 1 is 0.405 bits per heavy atom. The highest BCUT2D eigenvalue weighted by Crippen LogP contribution is 2.34. The molecule has 0 aliphatic carbocycles. The molecule has 0 atom stereocenters. The molecule has 3 heterocycles. The van der Waals surface area contributed by atoms with Crippen LogP contribution < -0.4 is 18.9 Å². The van der Waals surface area contributed by atoms with Gasteiger partial charge in [0.15, 0.2) is 0 Å². The van der Waals surface area contributed by atoms with Crippen molar-refractivity contribution in [3.63, 3.8) is 0 Å². The first kappa shape index (κ1) is 53.5. The number of pyridine rings is 1. The quantitative estimate of drug-likeness (QED) is 0.0513. The van der Waals surface area contributed by atoms with Gasteiger partial charge in [-0.15, -0.1) is 0 Å². The zero-order valence-corrected chi connectivity index (χ0v) is 41.7. The van der Waals surface area contributed by atoms with E-state index in [1.165, 1.54) is 0 Å². The molecular formula is C60H63NO13. The second kappa shape index (κ2) is 30.4. The van der Waals surface area contributed by atoms with Gasteiger partial charge in [0.1, 0.15) is 55.1 Å². The van der Waals surface area contributed by atoms with Crippen LogP contribution in [0.1, 0.15) is 27.9 Å². The van der Waals surface area contributed by atoms with Crippen molar-refractivity contribution in [2.45, 2.75) is 6.61 Å². The van der Waals surface area contributed by atoms with Gasteiger partial charge >= 0.3 is 0 Å². The van der Waals surface area contributed by atoms with Crippen LogP contribution in [0.25, 0.3) is 32.3 Å². The highest BCUT2D eigenvalue weighted by Gasteiger charge is 2.13. The number of ether oxygens (including phenoxy) is 12. The average molecular weight is 1010 g/mol. The van der Waals surface area contributed by atoms with Crippen LogP contribution in [0.15, 0.2) is 121 Å². The fourth-order valence-corrected chi connectivity index (χ4v) is 7.97. The van der Waals surface area contributed by atoms with Gasteiger partial charge in [0.2, 0.25) is 0 Å². The van der Waals surface area contributed by atoms with Crippen LogP contribution in [0.3, 0.4) is 0 Å². The maximum atomic E-state index is 8.74. The van der Waals surface area contributed by atoms with Gasteiger partial charge in [-0.2, -0.15) is 0 Å². The van der Waals surface area contributed by atoms with E-state index in [-0.39, 0.29) is 6.61 Å². The first-order chi connectivity index (χ1) is 36.7. The number of nitrogens with zero attached hydrogens (tertiary/aromatic N) is 1. The van der Waals surface area contributed by atoms with Crippen LogP contribution in [0.4, 0.5) is 0 Å². The second-order valence-electron chi connectivity index (χ2n) is 16.6. The lowest BCUT2D eigenvalue weighted by molar-refractivity contribution is -0.00745. The van der Waals surface area contributed by atoms with Crippen LogP contribution in [-0.2, 0) is 44.5 Å². The van der Waals surface area contributed by atoms with E-state index in [4.69, 9.17) is 61.9 Å². The summed E-state index contributed by atoms with van der Waals surface area (Å²) in [6.45, 7) is 8.15. The molecule has 0 saturated carbocycles. The second-order valence-corrected chi connectivity index (χ2v) is 16.6. The summed E-state index contributed by atoms with van der Waals surface area (Å²) in [7, 11) is 0. The van der Waals surface area contributed by atoms with Gasteiger partial charge in [0.05, 0.1) is 118 Å². The number of fused-ring (bicyclic) bond motifs is 22. The lowest BCUT2D eigenvalue weighted by Crippen LogP contribution is -2.14. The molecule has 2 aliphatic rings. The number of aliphatic hydroxyl groups excluding tert-OH is 1. The Kier molecular flexibility index (Phi) is 22.0. The summed E-state index contributed by atoms with van der Waals surface area (Å²) in [6.07, 6.45) is 1.79.